The minimum absolute atomic E-state index is 0.453. The highest BCUT2D eigenvalue weighted by Gasteiger charge is 2.39. The van der Waals surface area contributed by atoms with Gasteiger partial charge in [0.05, 0.1) is 0 Å². The van der Waals surface area contributed by atoms with E-state index in [1.54, 1.807) is 0 Å². The smallest absolute Gasteiger partial charge is 0.0156 e. The van der Waals surface area contributed by atoms with Crippen LogP contribution in [-0.4, -0.2) is 29.6 Å². The van der Waals surface area contributed by atoms with Crippen LogP contribution in [0.5, 0.6) is 0 Å². The van der Waals surface area contributed by atoms with E-state index < -0.39 is 0 Å². The van der Waals surface area contributed by atoms with Crippen LogP contribution in [0.25, 0.3) is 0 Å². The highest BCUT2D eigenvalue weighted by molar-refractivity contribution is 4.95. The molecule has 1 saturated heterocycles. The summed E-state index contributed by atoms with van der Waals surface area (Å²) in [7, 11) is 0. The lowest BCUT2D eigenvalue weighted by molar-refractivity contribution is 0.115. The lowest BCUT2D eigenvalue weighted by Gasteiger charge is -2.36. The second-order valence-electron chi connectivity index (χ2n) is 5.68. The number of nitrogens with zero attached hydrogens (tertiary/aromatic N) is 1. The molecule has 1 aliphatic carbocycles. The van der Waals surface area contributed by atoms with Gasteiger partial charge in [-0.05, 0) is 65.0 Å². The van der Waals surface area contributed by atoms with E-state index in [9.17, 15) is 0 Å². The number of hydrogen-bond acceptors (Lipinski definition) is 2. The Labute approximate surface area is 87.8 Å². The maximum Gasteiger partial charge on any atom is 0.0156 e. The molecule has 2 fully saturated rings. The second-order valence-corrected chi connectivity index (χ2v) is 5.68. The molecule has 0 radical (unpaired) electrons. The highest BCUT2D eigenvalue weighted by atomic mass is 15.2. The normalized spacial score (nSPS) is 37.9. The zero-order chi connectivity index (χ0) is 10.2. The molecule has 1 heterocycles. The molecule has 0 bridgehead atoms. The first-order valence-electron chi connectivity index (χ1n) is 6.10. The van der Waals surface area contributed by atoms with Crippen LogP contribution < -0.4 is 5.73 Å². The largest absolute Gasteiger partial charge is 0.330 e. The lowest BCUT2D eigenvalue weighted by atomic mass is 9.99. The summed E-state index contributed by atoms with van der Waals surface area (Å²) in [6, 6.07) is 0.834. The minimum Gasteiger partial charge on any atom is -0.330 e. The van der Waals surface area contributed by atoms with Crippen molar-refractivity contribution < 1.29 is 0 Å². The van der Waals surface area contributed by atoms with Crippen LogP contribution in [0.15, 0.2) is 0 Å². The Bertz CT molecular complexity index is 200. The molecular weight excluding hydrogens is 172 g/mol. The number of likely N-dealkylation sites (tertiary alicyclic amines) is 1. The van der Waals surface area contributed by atoms with Crippen molar-refractivity contribution >= 4 is 0 Å². The molecule has 0 amide bonds. The lowest BCUT2D eigenvalue weighted by Crippen LogP contribution is -2.44. The molecular formula is C12H24N2. The van der Waals surface area contributed by atoms with E-state index >= 15 is 0 Å². The van der Waals surface area contributed by atoms with Gasteiger partial charge in [-0.3, -0.25) is 4.90 Å². The fourth-order valence-corrected chi connectivity index (χ4v) is 3.35. The predicted molar refractivity (Wildman–Crippen MR) is 60.2 cm³/mol. The summed E-state index contributed by atoms with van der Waals surface area (Å²) in [6.07, 6.45) is 6.84. The maximum atomic E-state index is 5.74. The third kappa shape index (κ3) is 1.82. The summed E-state index contributed by atoms with van der Waals surface area (Å²) in [5.41, 5.74) is 6.20. The van der Waals surface area contributed by atoms with E-state index in [0.29, 0.717) is 5.54 Å². The summed E-state index contributed by atoms with van der Waals surface area (Å²) in [5.74, 6) is 0.802. The first-order valence-corrected chi connectivity index (χ1v) is 6.10. The standard InChI is InChI=1S/C12H24N2/c1-12(2)6-3-7-14(12)11-5-4-10(8-11)9-13/h10-11H,3-9,13H2,1-2H3. The first kappa shape index (κ1) is 10.4. The molecule has 2 atom stereocenters. The van der Waals surface area contributed by atoms with Crippen LogP contribution in [0.1, 0.15) is 46.0 Å². The Kier molecular flexibility index (Phi) is 2.85. The van der Waals surface area contributed by atoms with Crippen molar-refractivity contribution in [3.05, 3.63) is 0 Å². The Morgan fingerprint density at radius 2 is 2.14 bits per heavy atom. The van der Waals surface area contributed by atoms with E-state index in [-0.39, 0.29) is 0 Å². The average Bonchev–Trinajstić information content (AvgIpc) is 2.70. The monoisotopic (exact) mass is 196 g/mol. The molecule has 2 rings (SSSR count). The van der Waals surface area contributed by atoms with Crippen LogP contribution in [0.3, 0.4) is 0 Å². The summed E-state index contributed by atoms with van der Waals surface area (Å²) in [6.45, 7) is 7.01. The van der Waals surface area contributed by atoms with Crippen molar-refractivity contribution in [3.63, 3.8) is 0 Å². The molecule has 2 heteroatoms. The third-order valence-electron chi connectivity index (χ3n) is 4.25. The van der Waals surface area contributed by atoms with Gasteiger partial charge in [0.2, 0.25) is 0 Å². The molecule has 0 aromatic rings. The predicted octanol–water partition coefficient (Wildman–Crippen LogP) is 1.99. The van der Waals surface area contributed by atoms with E-state index in [2.05, 4.69) is 18.7 Å². The molecule has 0 spiro atoms. The van der Waals surface area contributed by atoms with Crippen LogP contribution in [-0.2, 0) is 0 Å². The van der Waals surface area contributed by atoms with E-state index in [4.69, 9.17) is 5.73 Å². The van der Waals surface area contributed by atoms with Gasteiger partial charge in [0.15, 0.2) is 0 Å². The van der Waals surface area contributed by atoms with Crippen LogP contribution in [0, 0.1) is 5.92 Å². The topological polar surface area (TPSA) is 29.3 Å². The van der Waals surface area contributed by atoms with Gasteiger partial charge in [0.1, 0.15) is 0 Å². The number of rotatable bonds is 2. The molecule has 2 nitrogen and oxygen atoms in total. The Morgan fingerprint density at radius 1 is 1.36 bits per heavy atom. The third-order valence-corrected chi connectivity index (χ3v) is 4.25. The van der Waals surface area contributed by atoms with Crippen molar-refractivity contribution in [2.45, 2.75) is 57.5 Å². The van der Waals surface area contributed by atoms with E-state index in [1.165, 1.54) is 38.6 Å². The fraction of sp³-hybridized carbons (Fsp3) is 1.00. The number of hydrogen-bond donors (Lipinski definition) is 1. The zero-order valence-electron chi connectivity index (χ0n) is 9.63. The van der Waals surface area contributed by atoms with Gasteiger partial charge in [-0.1, -0.05) is 0 Å². The molecule has 2 N–H and O–H groups in total. The second kappa shape index (κ2) is 3.82. The Balaban J connectivity index is 1.96. The summed E-state index contributed by atoms with van der Waals surface area (Å²) in [5, 5.41) is 0. The number of nitrogens with two attached hydrogens (primary N) is 1. The Morgan fingerprint density at radius 3 is 2.64 bits per heavy atom. The van der Waals surface area contributed by atoms with Gasteiger partial charge >= 0.3 is 0 Å². The maximum absolute atomic E-state index is 5.74. The first-order chi connectivity index (χ1) is 6.63. The molecule has 0 aromatic carbocycles. The van der Waals surface area contributed by atoms with E-state index in [0.717, 1.165) is 18.5 Å². The van der Waals surface area contributed by atoms with Gasteiger partial charge < -0.3 is 5.73 Å². The van der Waals surface area contributed by atoms with Crippen LogP contribution >= 0.6 is 0 Å². The quantitative estimate of drug-likeness (QED) is 0.732. The molecule has 82 valence electrons. The van der Waals surface area contributed by atoms with Crippen molar-refractivity contribution in [1.82, 2.24) is 4.90 Å². The molecule has 2 aliphatic rings. The van der Waals surface area contributed by atoms with Crippen molar-refractivity contribution in [1.29, 1.82) is 0 Å². The molecule has 0 aromatic heterocycles. The Hall–Kier alpha value is -0.0800. The average molecular weight is 196 g/mol. The van der Waals surface area contributed by atoms with Gasteiger partial charge in [0.25, 0.3) is 0 Å². The van der Waals surface area contributed by atoms with Crippen molar-refractivity contribution in [2.75, 3.05) is 13.1 Å². The van der Waals surface area contributed by atoms with E-state index in [1.807, 2.05) is 0 Å². The SMILES string of the molecule is CC1(C)CCCN1C1CCC(CN)C1. The summed E-state index contributed by atoms with van der Waals surface area (Å²) < 4.78 is 0. The minimum atomic E-state index is 0.453. The van der Waals surface area contributed by atoms with Gasteiger partial charge in [0, 0.05) is 11.6 Å². The fourth-order valence-electron chi connectivity index (χ4n) is 3.35. The highest BCUT2D eigenvalue weighted by Crippen LogP contribution is 2.37. The van der Waals surface area contributed by atoms with Crippen molar-refractivity contribution in [2.24, 2.45) is 11.7 Å². The molecule has 1 aliphatic heterocycles. The van der Waals surface area contributed by atoms with Gasteiger partial charge in [-0.15, -0.1) is 0 Å². The molecule has 1 saturated carbocycles. The zero-order valence-corrected chi connectivity index (χ0v) is 9.63. The van der Waals surface area contributed by atoms with Crippen LogP contribution in [0.4, 0.5) is 0 Å². The molecule has 14 heavy (non-hydrogen) atoms. The molecule has 2 unspecified atom stereocenters. The van der Waals surface area contributed by atoms with Gasteiger partial charge in [-0.2, -0.15) is 0 Å². The summed E-state index contributed by atoms with van der Waals surface area (Å²) in [4.78, 5) is 2.74. The summed E-state index contributed by atoms with van der Waals surface area (Å²) >= 11 is 0. The van der Waals surface area contributed by atoms with Crippen molar-refractivity contribution in [3.8, 4) is 0 Å². The van der Waals surface area contributed by atoms with Crippen LogP contribution in [0.2, 0.25) is 0 Å². The van der Waals surface area contributed by atoms with Gasteiger partial charge in [-0.25, -0.2) is 0 Å².